The van der Waals surface area contributed by atoms with Gasteiger partial charge in [-0.15, -0.1) is 0 Å². The van der Waals surface area contributed by atoms with Crippen LogP contribution in [0.4, 0.5) is 14.5 Å². The van der Waals surface area contributed by atoms with Crippen LogP contribution in [-0.4, -0.2) is 13.6 Å². The van der Waals surface area contributed by atoms with Crippen molar-refractivity contribution in [3.05, 3.63) is 64.7 Å². The van der Waals surface area contributed by atoms with Crippen molar-refractivity contribution in [2.45, 2.75) is 6.04 Å². The fraction of sp³-hybridized carbons (Fsp3) is 0.200. The van der Waals surface area contributed by atoms with Crippen molar-refractivity contribution in [3.63, 3.8) is 0 Å². The molecule has 20 heavy (non-hydrogen) atoms. The zero-order valence-electron chi connectivity index (χ0n) is 11.0. The van der Waals surface area contributed by atoms with Crippen molar-refractivity contribution in [3.8, 4) is 0 Å². The molecule has 2 rings (SSSR count). The summed E-state index contributed by atoms with van der Waals surface area (Å²) in [5, 5.41) is 0.451. The molecule has 2 aromatic carbocycles. The molecule has 106 valence electrons. The van der Waals surface area contributed by atoms with E-state index in [-0.39, 0.29) is 24.2 Å². The van der Waals surface area contributed by atoms with Gasteiger partial charge in [0.1, 0.15) is 11.6 Å². The summed E-state index contributed by atoms with van der Waals surface area (Å²) >= 11 is 5.91. The van der Waals surface area contributed by atoms with E-state index in [4.69, 9.17) is 17.3 Å². The number of nitrogens with two attached hydrogens (primary N) is 1. The van der Waals surface area contributed by atoms with Gasteiger partial charge in [0.15, 0.2) is 0 Å². The molecule has 1 unspecified atom stereocenters. The molecule has 0 fully saturated rings. The summed E-state index contributed by atoms with van der Waals surface area (Å²) in [6.45, 7) is 0.213. The minimum atomic E-state index is -0.376. The second-order valence-electron chi connectivity index (χ2n) is 4.50. The molecular weight excluding hydrogens is 282 g/mol. The third-order valence-electron chi connectivity index (χ3n) is 3.24. The maximum atomic E-state index is 13.9. The van der Waals surface area contributed by atoms with E-state index in [0.29, 0.717) is 10.6 Å². The van der Waals surface area contributed by atoms with Crippen molar-refractivity contribution in [2.75, 3.05) is 18.5 Å². The topological polar surface area (TPSA) is 29.3 Å². The Morgan fingerprint density at radius 1 is 1.15 bits per heavy atom. The first-order chi connectivity index (χ1) is 9.52. The summed E-state index contributed by atoms with van der Waals surface area (Å²) in [5.41, 5.74) is 6.94. The first-order valence-corrected chi connectivity index (χ1v) is 6.54. The lowest BCUT2D eigenvalue weighted by Crippen LogP contribution is -2.31. The average Bonchev–Trinajstić information content (AvgIpc) is 2.44. The molecule has 0 amide bonds. The standard InChI is InChI=1S/C15H15ClF2N2/c1-20(12-5-3-11(17)4-6-12)15(9-19)13-8-10(16)2-7-14(13)18/h2-8,15H,9,19H2,1H3. The largest absolute Gasteiger partial charge is 0.366 e. The number of likely N-dealkylation sites (N-methyl/N-ethyl adjacent to an activating group) is 1. The lowest BCUT2D eigenvalue weighted by molar-refractivity contribution is 0.572. The van der Waals surface area contributed by atoms with Gasteiger partial charge in [0.05, 0.1) is 6.04 Å². The minimum Gasteiger partial charge on any atom is -0.366 e. The fourth-order valence-corrected chi connectivity index (χ4v) is 2.30. The van der Waals surface area contributed by atoms with Gasteiger partial charge in [-0.1, -0.05) is 11.6 Å². The molecule has 2 nitrogen and oxygen atoms in total. The van der Waals surface area contributed by atoms with Crippen LogP contribution in [0.5, 0.6) is 0 Å². The van der Waals surface area contributed by atoms with Crippen LogP contribution >= 0.6 is 11.6 Å². The summed E-state index contributed by atoms with van der Waals surface area (Å²) < 4.78 is 26.9. The van der Waals surface area contributed by atoms with Crippen molar-refractivity contribution < 1.29 is 8.78 Å². The number of hydrogen-bond acceptors (Lipinski definition) is 2. The van der Waals surface area contributed by atoms with E-state index in [1.54, 1.807) is 30.1 Å². The molecule has 0 aromatic heterocycles. The summed E-state index contributed by atoms with van der Waals surface area (Å²) in [7, 11) is 1.78. The number of rotatable bonds is 4. The van der Waals surface area contributed by atoms with Gasteiger partial charge in [-0.2, -0.15) is 0 Å². The summed E-state index contributed by atoms with van der Waals surface area (Å²) in [6, 6.07) is 9.96. The monoisotopic (exact) mass is 296 g/mol. The lowest BCUT2D eigenvalue weighted by Gasteiger charge is -2.30. The Bertz CT molecular complexity index is 587. The molecule has 0 radical (unpaired) electrons. The van der Waals surface area contributed by atoms with Crippen LogP contribution in [0.25, 0.3) is 0 Å². The zero-order chi connectivity index (χ0) is 14.7. The zero-order valence-corrected chi connectivity index (χ0v) is 11.7. The van der Waals surface area contributed by atoms with E-state index in [1.165, 1.54) is 24.3 Å². The molecule has 0 aliphatic heterocycles. The molecule has 2 aromatic rings. The number of nitrogens with zero attached hydrogens (tertiary/aromatic N) is 1. The van der Waals surface area contributed by atoms with Crippen molar-refractivity contribution in [1.82, 2.24) is 0 Å². The molecule has 0 saturated heterocycles. The third-order valence-corrected chi connectivity index (χ3v) is 3.48. The highest BCUT2D eigenvalue weighted by Crippen LogP contribution is 2.28. The van der Waals surface area contributed by atoms with E-state index >= 15 is 0 Å². The molecular formula is C15H15ClF2N2. The van der Waals surface area contributed by atoms with Gasteiger partial charge in [0, 0.05) is 29.9 Å². The normalized spacial score (nSPS) is 12.2. The van der Waals surface area contributed by atoms with Gasteiger partial charge in [-0.25, -0.2) is 8.78 Å². The number of hydrogen-bond donors (Lipinski definition) is 1. The SMILES string of the molecule is CN(c1ccc(F)cc1)C(CN)c1cc(Cl)ccc1F. The van der Waals surface area contributed by atoms with Gasteiger partial charge in [0.25, 0.3) is 0 Å². The Morgan fingerprint density at radius 3 is 2.40 bits per heavy atom. The first kappa shape index (κ1) is 14.8. The highest BCUT2D eigenvalue weighted by Gasteiger charge is 2.20. The fourth-order valence-electron chi connectivity index (χ4n) is 2.12. The predicted molar refractivity (Wildman–Crippen MR) is 78.0 cm³/mol. The van der Waals surface area contributed by atoms with E-state index in [1.807, 2.05) is 0 Å². The molecule has 0 saturated carbocycles. The molecule has 0 heterocycles. The first-order valence-electron chi connectivity index (χ1n) is 6.16. The lowest BCUT2D eigenvalue weighted by atomic mass is 10.0. The minimum absolute atomic E-state index is 0.213. The van der Waals surface area contributed by atoms with Gasteiger partial charge < -0.3 is 10.6 Å². The van der Waals surface area contributed by atoms with Gasteiger partial charge in [-0.05, 0) is 42.5 Å². The van der Waals surface area contributed by atoms with Crippen molar-refractivity contribution in [2.24, 2.45) is 5.73 Å². The van der Waals surface area contributed by atoms with E-state index in [0.717, 1.165) is 5.69 Å². The Kier molecular flexibility index (Phi) is 4.57. The summed E-state index contributed by atoms with van der Waals surface area (Å²) in [4.78, 5) is 1.80. The van der Waals surface area contributed by atoms with Crippen LogP contribution in [0.1, 0.15) is 11.6 Å². The smallest absolute Gasteiger partial charge is 0.128 e. The number of benzene rings is 2. The number of halogens is 3. The van der Waals surface area contributed by atoms with Crippen LogP contribution in [0, 0.1) is 11.6 Å². The van der Waals surface area contributed by atoms with Gasteiger partial charge >= 0.3 is 0 Å². The highest BCUT2D eigenvalue weighted by molar-refractivity contribution is 6.30. The van der Waals surface area contributed by atoms with Crippen LogP contribution in [-0.2, 0) is 0 Å². The van der Waals surface area contributed by atoms with Gasteiger partial charge in [-0.3, -0.25) is 0 Å². The molecule has 5 heteroatoms. The molecule has 1 atom stereocenters. The van der Waals surface area contributed by atoms with Crippen molar-refractivity contribution in [1.29, 1.82) is 0 Å². The average molecular weight is 297 g/mol. The molecule has 0 spiro atoms. The quantitative estimate of drug-likeness (QED) is 0.931. The van der Waals surface area contributed by atoms with Gasteiger partial charge in [0.2, 0.25) is 0 Å². The maximum Gasteiger partial charge on any atom is 0.128 e. The van der Waals surface area contributed by atoms with Crippen LogP contribution in [0.3, 0.4) is 0 Å². The summed E-state index contributed by atoms with van der Waals surface area (Å²) in [5.74, 6) is -0.681. The van der Waals surface area contributed by atoms with E-state index in [9.17, 15) is 8.78 Å². The van der Waals surface area contributed by atoms with Crippen LogP contribution in [0.2, 0.25) is 5.02 Å². The Labute approximate surface area is 121 Å². The highest BCUT2D eigenvalue weighted by atomic mass is 35.5. The number of anilines is 1. The van der Waals surface area contributed by atoms with Crippen LogP contribution in [0.15, 0.2) is 42.5 Å². The summed E-state index contributed by atoms with van der Waals surface area (Å²) in [6.07, 6.45) is 0. The Balaban J connectivity index is 2.36. The van der Waals surface area contributed by atoms with Crippen molar-refractivity contribution >= 4 is 17.3 Å². The Morgan fingerprint density at radius 2 is 1.80 bits per heavy atom. The molecule has 0 aliphatic carbocycles. The molecule has 2 N–H and O–H groups in total. The predicted octanol–water partition coefficient (Wildman–Crippen LogP) is 3.75. The second-order valence-corrected chi connectivity index (χ2v) is 4.94. The van der Waals surface area contributed by atoms with E-state index in [2.05, 4.69) is 0 Å². The second kappa shape index (κ2) is 6.20. The Hall–Kier alpha value is -1.65. The maximum absolute atomic E-state index is 13.9. The van der Waals surface area contributed by atoms with E-state index < -0.39 is 0 Å². The molecule has 0 bridgehead atoms. The molecule has 0 aliphatic rings. The van der Waals surface area contributed by atoms with Crippen LogP contribution < -0.4 is 10.6 Å². The third kappa shape index (κ3) is 3.08.